The van der Waals surface area contributed by atoms with Gasteiger partial charge in [-0.2, -0.15) is 0 Å². The van der Waals surface area contributed by atoms with E-state index < -0.39 is 0 Å². The molecule has 5 heteroatoms. The van der Waals surface area contributed by atoms with E-state index in [0.29, 0.717) is 0 Å². The first-order valence-corrected chi connectivity index (χ1v) is 1.30. The molecule has 1 radical (unpaired) electrons. The van der Waals surface area contributed by atoms with Crippen molar-refractivity contribution >= 4 is 0 Å². The first-order chi connectivity index (χ1) is 2.50. The maximum Gasteiger partial charge on any atom is 0.0690 e. The Labute approximate surface area is 64.5 Å². The van der Waals surface area contributed by atoms with Gasteiger partial charge in [-0.25, -0.2) is 0 Å². The molecule has 0 saturated carbocycles. The number of rotatable bonds is 0. The van der Waals surface area contributed by atoms with Crippen LogP contribution < -0.4 is 0 Å². The molecule has 1 heterocycles. The molecule has 1 aromatic rings. The fraction of sp³-hybridized carbons (Fsp3) is 0. The topological polar surface area (TPSA) is 41.6 Å². The van der Waals surface area contributed by atoms with Crippen molar-refractivity contribution in [3.8, 4) is 0 Å². The Hall–Kier alpha value is 0.283. The number of hydrogen-bond donors (Lipinski definition) is 1. The number of nitrogens with zero attached hydrogens (tertiary/aromatic N) is 2. The molecule has 1 rings (SSSR count). The minimum Gasteiger partial charge on any atom is -0.266 e. The van der Waals surface area contributed by atoms with E-state index in [1.807, 2.05) is 0 Å². The van der Waals surface area contributed by atoms with E-state index in [-0.39, 0.29) is 36.5 Å². The zero-order valence-corrected chi connectivity index (χ0v) is 7.47. The molecule has 1 aromatic heterocycles. The third-order valence-electron chi connectivity index (χ3n) is 0.331. The summed E-state index contributed by atoms with van der Waals surface area (Å²) in [4.78, 5) is 0. The van der Waals surface area contributed by atoms with Crippen molar-refractivity contribution < 1.29 is 36.5 Å². The summed E-state index contributed by atoms with van der Waals surface area (Å²) in [6.45, 7) is 0. The molecule has 0 aliphatic rings. The Kier molecular flexibility index (Phi) is 9.25. The third-order valence-corrected chi connectivity index (χ3v) is 0.331. The SMILES string of the molecule is [Cu].[Zn].c1c[nH]nn1. The molecule has 0 aliphatic heterocycles. The van der Waals surface area contributed by atoms with E-state index in [2.05, 4.69) is 15.4 Å². The van der Waals surface area contributed by atoms with Crippen LogP contribution in [0.4, 0.5) is 0 Å². The fourth-order valence-corrected chi connectivity index (χ4v) is 0.167. The van der Waals surface area contributed by atoms with Crippen LogP contribution in [0, 0.1) is 0 Å². The summed E-state index contributed by atoms with van der Waals surface area (Å²) in [5.41, 5.74) is 0. The van der Waals surface area contributed by atoms with Crippen LogP contribution in [0.2, 0.25) is 0 Å². The summed E-state index contributed by atoms with van der Waals surface area (Å²) >= 11 is 0. The van der Waals surface area contributed by atoms with Crippen LogP contribution >= 0.6 is 0 Å². The minimum atomic E-state index is 0. The maximum atomic E-state index is 3.42. The molecule has 7 heavy (non-hydrogen) atoms. The van der Waals surface area contributed by atoms with E-state index in [4.69, 9.17) is 0 Å². The number of hydrogen-bond acceptors (Lipinski definition) is 2. The van der Waals surface area contributed by atoms with E-state index in [9.17, 15) is 0 Å². The van der Waals surface area contributed by atoms with Gasteiger partial charge in [-0.15, -0.1) is 5.10 Å². The largest absolute Gasteiger partial charge is 0.266 e. The quantitative estimate of drug-likeness (QED) is 0.586. The Morgan fingerprint density at radius 3 is 2.29 bits per heavy atom. The van der Waals surface area contributed by atoms with Crippen LogP contribution in [-0.2, 0) is 36.5 Å². The maximum absolute atomic E-state index is 3.42. The molecule has 3 nitrogen and oxygen atoms in total. The van der Waals surface area contributed by atoms with Gasteiger partial charge in [0.2, 0.25) is 0 Å². The van der Waals surface area contributed by atoms with Crippen molar-refractivity contribution in [2.24, 2.45) is 0 Å². The zero-order valence-electron chi connectivity index (χ0n) is 3.56. The van der Waals surface area contributed by atoms with E-state index in [0.717, 1.165) is 0 Å². The second kappa shape index (κ2) is 6.28. The Balaban J connectivity index is 0. The van der Waals surface area contributed by atoms with Crippen LogP contribution in [0.5, 0.6) is 0 Å². The number of nitrogens with one attached hydrogen (secondary N) is 1. The molecule has 0 amide bonds. The van der Waals surface area contributed by atoms with Crippen LogP contribution in [-0.4, -0.2) is 15.4 Å². The van der Waals surface area contributed by atoms with E-state index in [1.54, 1.807) is 12.4 Å². The predicted octanol–water partition coefficient (Wildman–Crippen LogP) is -0.200. The Bertz CT molecular complexity index is 69.4. The number of aromatic nitrogens is 3. The minimum absolute atomic E-state index is 0. The van der Waals surface area contributed by atoms with Gasteiger partial charge in [-0.3, -0.25) is 5.10 Å². The van der Waals surface area contributed by atoms with Gasteiger partial charge in [0, 0.05) is 42.7 Å². The molecule has 0 spiro atoms. The molecular formula is C2H3CuN3Zn. The normalized spacial score (nSPS) is 5.71. The van der Waals surface area contributed by atoms with Crippen LogP contribution in [0.3, 0.4) is 0 Å². The molecule has 39 valence electrons. The smallest absolute Gasteiger partial charge is 0.0690 e. The van der Waals surface area contributed by atoms with Crippen LogP contribution in [0.1, 0.15) is 0 Å². The van der Waals surface area contributed by atoms with Crippen molar-refractivity contribution in [1.29, 1.82) is 0 Å². The van der Waals surface area contributed by atoms with Gasteiger partial charge < -0.3 is 0 Å². The predicted molar refractivity (Wildman–Crippen MR) is 16.4 cm³/mol. The summed E-state index contributed by atoms with van der Waals surface area (Å²) in [6.07, 6.45) is 3.24. The summed E-state index contributed by atoms with van der Waals surface area (Å²) in [5, 5.41) is 9.26. The molecule has 0 atom stereocenters. The summed E-state index contributed by atoms with van der Waals surface area (Å²) < 4.78 is 0. The zero-order chi connectivity index (χ0) is 3.54. The van der Waals surface area contributed by atoms with Gasteiger partial charge in [-0.1, -0.05) is 5.21 Å². The van der Waals surface area contributed by atoms with E-state index in [1.165, 1.54) is 0 Å². The van der Waals surface area contributed by atoms with E-state index >= 15 is 0 Å². The van der Waals surface area contributed by atoms with Crippen LogP contribution in [0.15, 0.2) is 12.4 Å². The molecule has 0 fully saturated rings. The van der Waals surface area contributed by atoms with Crippen molar-refractivity contribution in [2.45, 2.75) is 0 Å². The van der Waals surface area contributed by atoms with Gasteiger partial charge in [0.05, 0.1) is 6.20 Å². The van der Waals surface area contributed by atoms with Crippen molar-refractivity contribution in [2.75, 3.05) is 0 Å². The average Bonchev–Trinajstić information content (AvgIpc) is 1.76. The molecule has 0 aliphatic carbocycles. The molecule has 1 N–H and O–H groups in total. The number of H-pyrrole nitrogens is 1. The summed E-state index contributed by atoms with van der Waals surface area (Å²) in [7, 11) is 0. The molecular weight excluding hydrogens is 195 g/mol. The summed E-state index contributed by atoms with van der Waals surface area (Å²) in [6, 6.07) is 0. The van der Waals surface area contributed by atoms with Crippen molar-refractivity contribution in [3.63, 3.8) is 0 Å². The van der Waals surface area contributed by atoms with Crippen molar-refractivity contribution in [3.05, 3.63) is 12.4 Å². The molecule has 0 aromatic carbocycles. The molecule has 0 saturated heterocycles. The molecule has 0 bridgehead atoms. The average molecular weight is 198 g/mol. The van der Waals surface area contributed by atoms with Gasteiger partial charge in [0.25, 0.3) is 0 Å². The fourth-order valence-electron chi connectivity index (χ4n) is 0.167. The first-order valence-electron chi connectivity index (χ1n) is 1.30. The van der Waals surface area contributed by atoms with Gasteiger partial charge in [-0.05, 0) is 0 Å². The Morgan fingerprint density at radius 1 is 1.43 bits per heavy atom. The standard InChI is InChI=1S/C2H3N3.Cu.Zn/c1-2-4-5-3-1;;/h1-2H,(H,3,4,5);;. The van der Waals surface area contributed by atoms with Gasteiger partial charge >= 0.3 is 0 Å². The molecule has 0 unspecified atom stereocenters. The first kappa shape index (κ1) is 10.3. The Morgan fingerprint density at radius 2 is 2.14 bits per heavy atom. The van der Waals surface area contributed by atoms with Gasteiger partial charge in [0.1, 0.15) is 0 Å². The van der Waals surface area contributed by atoms with Gasteiger partial charge in [0.15, 0.2) is 0 Å². The second-order valence-corrected chi connectivity index (χ2v) is 0.660. The number of aromatic amines is 1. The van der Waals surface area contributed by atoms with Crippen molar-refractivity contribution in [1.82, 2.24) is 15.4 Å². The monoisotopic (exact) mass is 196 g/mol. The third kappa shape index (κ3) is 4.13. The van der Waals surface area contributed by atoms with Crippen LogP contribution in [0.25, 0.3) is 0 Å². The summed E-state index contributed by atoms with van der Waals surface area (Å²) in [5.74, 6) is 0. The second-order valence-electron chi connectivity index (χ2n) is 0.660.